The maximum absolute atomic E-state index is 13.7. The molecule has 1 aliphatic rings. The Morgan fingerprint density at radius 1 is 1.29 bits per heavy atom. The lowest BCUT2D eigenvalue weighted by Gasteiger charge is -2.24. The predicted molar refractivity (Wildman–Crippen MR) is 81.8 cm³/mol. The molecule has 0 radical (unpaired) electrons. The van der Waals surface area contributed by atoms with Gasteiger partial charge in [-0.3, -0.25) is 0 Å². The van der Waals surface area contributed by atoms with Gasteiger partial charge in [-0.2, -0.15) is 0 Å². The summed E-state index contributed by atoms with van der Waals surface area (Å²) in [6.07, 6.45) is 7.50. The minimum Gasteiger partial charge on any atom is -0.329 e. The minimum absolute atomic E-state index is 0.0986. The second-order valence-corrected chi connectivity index (χ2v) is 5.99. The molecule has 1 unspecified atom stereocenters. The fourth-order valence-electron chi connectivity index (χ4n) is 3.18. The van der Waals surface area contributed by atoms with Crippen LogP contribution in [0.25, 0.3) is 0 Å². The van der Waals surface area contributed by atoms with Gasteiger partial charge in [0.2, 0.25) is 0 Å². The average molecular weight is 287 g/mol. The molecule has 1 saturated heterocycles. The number of imidazole rings is 1. The number of aryl methyl sites for hydroxylation is 2. The Labute approximate surface area is 125 Å². The second-order valence-electron chi connectivity index (χ2n) is 5.99. The average Bonchev–Trinajstić information content (AvgIpc) is 2.94. The molecule has 2 heterocycles. The molecule has 21 heavy (non-hydrogen) atoms. The van der Waals surface area contributed by atoms with Gasteiger partial charge >= 0.3 is 0 Å². The van der Waals surface area contributed by atoms with E-state index >= 15 is 0 Å². The summed E-state index contributed by atoms with van der Waals surface area (Å²) in [6, 6.07) is 4.25. The molecule has 1 aliphatic heterocycles. The van der Waals surface area contributed by atoms with Crippen molar-refractivity contribution in [2.45, 2.75) is 45.7 Å². The van der Waals surface area contributed by atoms with Gasteiger partial charge in [-0.25, -0.2) is 9.37 Å². The first-order valence-corrected chi connectivity index (χ1v) is 7.64. The van der Waals surface area contributed by atoms with Crippen molar-refractivity contribution >= 4 is 0 Å². The number of hydrogen-bond donors (Lipinski definition) is 1. The van der Waals surface area contributed by atoms with Gasteiger partial charge < -0.3 is 9.88 Å². The van der Waals surface area contributed by atoms with Gasteiger partial charge in [-0.05, 0) is 49.9 Å². The first kappa shape index (κ1) is 14.3. The fraction of sp³-hybridized carbons (Fsp3) is 0.471. The van der Waals surface area contributed by atoms with Crippen molar-refractivity contribution in [3.63, 3.8) is 0 Å². The van der Waals surface area contributed by atoms with Crippen LogP contribution in [0.3, 0.4) is 0 Å². The smallest absolute Gasteiger partial charge is 0.129 e. The van der Waals surface area contributed by atoms with Gasteiger partial charge in [0, 0.05) is 18.8 Å². The zero-order valence-electron chi connectivity index (χ0n) is 12.7. The molecule has 2 aromatic rings. The van der Waals surface area contributed by atoms with E-state index in [0.29, 0.717) is 17.2 Å². The van der Waals surface area contributed by atoms with Crippen LogP contribution in [-0.2, 0) is 6.54 Å². The molecule has 0 bridgehead atoms. The zero-order chi connectivity index (χ0) is 14.8. The molecule has 0 aliphatic carbocycles. The summed E-state index contributed by atoms with van der Waals surface area (Å²) < 4.78 is 15.9. The lowest BCUT2D eigenvalue weighted by atomic mass is 10.0. The normalized spacial score (nSPS) is 18.9. The van der Waals surface area contributed by atoms with Crippen molar-refractivity contribution in [1.82, 2.24) is 14.9 Å². The van der Waals surface area contributed by atoms with E-state index in [2.05, 4.69) is 14.9 Å². The van der Waals surface area contributed by atoms with Crippen molar-refractivity contribution in [3.8, 4) is 0 Å². The van der Waals surface area contributed by atoms with Crippen molar-refractivity contribution in [1.29, 1.82) is 0 Å². The van der Waals surface area contributed by atoms with Gasteiger partial charge in [0.1, 0.15) is 5.82 Å². The maximum atomic E-state index is 13.7. The Morgan fingerprint density at radius 3 is 2.71 bits per heavy atom. The molecule has 0 amide bonds. The van der Waals surface area contributed by atoms with Gasteiger partial charge in [0.15, 0.2) is 0 Å². The largest absolute Gasteiger partial charge is 0.329 e. The number of piperidine rings is 1. The maximum Gasteiger partial charge on any atom is 0.129 e. The summed E-state index contributed by atoms with van der Waals surface area (Å²) in [5, 5.41) is 3.56. The van der Waals surface area contributed by atoms with Gasteiger partial charge in [0.05, 0.1) is 12.0 Å². The summed E-state index contributed by atoms with van der Waals surface area (Å²) in [5.74, 6) is -0.0986. The molecule has 3 rings (SSSR count). The Balaban J connectivity index is 1.84. The number of nitrogens with zero attached hydrogens (tertiary/aromatic N) is 2. The van der Waals surface area contributed by atoms with Crippen LogP contribution < -0.4 is 5.32 Å². The number of aromatic nitrogens is 2. The highest BCUT2D eigenvalue weighted by molar-refractivity contribution is 5.31. The van der Waals surface area contributed by atoms with Crippen LogP contribution in [0, 0.1) is 19.7 Å². The van der Waals surface area contributed by atoms with Crippen LogP contribution in [0.15, 0.2) is 24.7 Å². The van der Waals surface area contributed by atoms with E-state index in [4.69, 9.17) is 0 Å². The number of rotatable bonds is 3. The van der Waals surface area contributed by atoms with Gasteiger partial charge in [-0.15, -0.1) is 0 Å². The Bertz CT molecular complexity index is 604. The fourth-order valence-corrected chi connectivity index (χ4v) is 3.18. The molecule has 1 fully saturated rings. The van der Waals surface area contributed by atoms with E-state index in [-0.39, 0.29) is 5.82 Å². The lowest BCUT2D eigenvalue weighted by molar-refractivity contribution is 0.396. The summed E-state index contributed by atoms with van der Waals surface area (Å²) in [6.45, 7) is 5.47. The van der Waals surface area contributed by atoms with Crippen LogP contribution in [0.2, 0.25) is 0 Å². The Morgan fingerprint density at radius 2 is 2.05 bits per heavy atom. The number of nitrogens with one attached hydrogen (secondary N) is 1. The van der Waals surface area contributed by atoms with E-state index in [1.54, 1.807) is 0 Å². The summed E-state index contributed by atoms with van der Waals surface area (Å²) in [7, 11) is 0. The standard InChI is InChI=1S/C17H22FN3/c1-12-7-14(8-13(2)17(12)18)10-21-11-19-9-16(21)15-5-3-4-6-20-15/h7-9,11,15,20H,3-6,10H2,1-2H3. The van der Waals surface area contributed by atoms with E-state index < -0.39 is 0 Å². The molecule has 1 aromatic heterocycles. The monoisotopic (exact) mass is 287 g/mol. The van der Waals surface area contributed by atoms with E-state index in [1.807, 2.05) is 38.5 Å². The molecule has 0 spiro atoms. The SMILES string of the molecule is Cc1cc(Cn2cncc2C2CCCCN2)cc(C)c1F. The highest BCUT2D eigenvalue weighted by atomic mass is 19.1. The van der Waals surface area contributed by atoms with Crippen molar-refractivity contribution < 1.29 is 4.39 Å². The number of halogens is 1. The highest BCUT2D eigenvalue weighted by Crippen LogP contribution is 2.24. The number of hydrogen-bond acceptors (Lipinski definition) is 2. The lowest BCUT2D eigenvalue weighted by Crippen LogP contribution is -2.28. The third kappa shape index (κ3) is 3.00. The van der Waals surface area contributed by atoms with Crippen molar-refractivity contribution in [3.05, 3.63) is 52.9 Å². The zero-order valence-corrected chi connectivity index (χ0v) is 12.7. The summed E-state index contributed by atoms with van der Waals surface area (Å²) in [5.41, 5.74) is 3.78. The molecule has 1 N–H and O–H groups in total. The summed E-state index contributed by atoms with van der Waals surface area (Å²) >= 11 is 0. The van der Waals surface area contributed by atoms with E-state index in [1.165, 1.54) is 18.5 Å². The quantitative estimate of drug-likeness (QED) is 0.936. The third-order valence-electron chi connectivity index (χ3n) is 4.26. The van der Waals surface area contributed by atoms with Crippen LogP contribution >= 0.6 is 0 Å². The van der Waals surface area contributed by atoms with Gasteiger partial charge in [-0.1, -0.05) is 18.6 Å². The van der Waals surface area contributed by atoms with Gasteiger partial charge in [0.25, 0.3) is 0 Å². The Hall–Kier alpha value is -1.68. The van der Waals surface area contributed by atoms with Crippen LogP contribution in [0.1, 0.15) is 47.7 Å². The molecular formula is C17H22FN3. The first-order chi connectivity index (χ1) is 10.1. The van der Waals surface area contributed by atoms with E-state index in [0.717, 1.165) is 25.1 Å². The van der Waals surface area contributed by atoms with Crippen LogP contribution in [0.4, 0.5) is 4.39 Å². The van der Waals surface area contributed by atoms with Crippen molar-refractivity contribution in [2.24, 2.45) is 0 Å². The topological polar surface area (TPSA) is 29.9 Å². The number of benzene rings is 1. The molecule has 1 atom stereocenters. The molecule has 4 heteroatoms. The second kappa shape index (κ2) is 5.98. The Kier molecular flexibility index (Phi) is 4.06. The molecule has 0 saturated carbocycles. The molecular weight excluding hydrogens is 265 g/mol. The summed E-state index contributed by atoms with van der Waals surface area (Å²) in [4.78, 5) is 4.30. The highest BCUT2D eigenvalue weighted by Gasteiger charge is 2.18. The molecule has 112 valence electrons. The molecule has 1 aromatic carbocycles. The van der Waals surface area contributed by atoms with E-state index in [9.17, 15) is 4.39 Å². The first-order valence-electron chi connectivity index (χ1n) is 7.64. The minimum atomic E-state index is -0.0986. The predicted octanol–water partition coefficient (Wildman–Crippen LogP) is 3.50. The van der Waals surface area contributed by atoms with Crippen LogP contribution in [0.5, 0.6) is 0 Å². The molecule has 3 nitrogen and oxygen atoms in total. The van der Waals surface area contributed by atoms with Crippen molar-refractivity contribution in [2.75, 3.05) is 6.54 Å². The van der Waals surface area contributed by atoms with Crippen LogP contribution in [-0.4, -0.2) is 16.1 Å². The third-order valence-corrected chi connectivity index (χ3v) is 4.26.